The summed E-state index contributed by atoms with van der Waals surface area (Å²) in [5.74, 6) is -0.0150. The molecule has 4 nitrogen and oxygen atoms in total. The van der Waals surface area contributed by atoms with Gasteiger partial charge in [0, 0.05) is 13.1 Å². The largest absolute Gasteiger partial charge is 0.480 e. The van der Waals surface area contributed by atoms with Crippen molar-refractivity contribution >= 4 is 5.97 Å². The summed E-state index contributed by atoms with van der Waals surface area (Å²) in [7, 11) is 4.02. The normalized spacial score (nSPS) is 28.9. The fourth-order valence-corrected chi connectivity index (χ4v) is 3.17. The highest BCUT2D eigenvalue weighted by atomic mass is 16.4. The van der Waals surface area contributed by atoms with Crippen LogP contribution in [0.4, 0.5) is 0 Å². The van der Waals surface area contributed by atoms with Gasteiger partial charge < -0.3 is 15.3 Å². The van der Waals surface area contributed by atoms with E-state index >= 15 is 0 Å². The third kappa shape index (κ3) is 3.45. The molecule has 0 amide bonds. The maximum Gasteiger partial charge on any atom is 0.324 e. The van der Waals surface area contributed by atoms with E-state index in [0.29, 0.717) is 5.92 Å². The molecule has 0 heterocycles. The fraction of sp³-hybridized carbons (Fsp3) is 0.929. The van der Waals surface area contributed by atoms with Gasteiger partial charge in [-0.15, -0.1) is 0 Å². The molecule has 2 unspecified atom stereocenters. The van der Waals surface area contributed by atoms with Crippen LogP contribution in [0.25, 0.3) is 0 Å². The van der Waals surface area contributed by atoms with Crippen molar-refractivity contribution in [3.05, 3.63) is 0 Å². The molecule has 0 bridgehead atoms. The maximum atomic E-state index is 11.8. The Balaban J connectivity index is 2.78. The smallest absolute Gasteiger partial charge is 0.324 e. The second kappa shape index (κ2) is 6.53. The summed E-state index contributed by atoms with van der Waals surface area (Å²) in [4.78, 5) is 13.9. The second-order valence-corrected chi connectivity index (χ2v) is 6.10. The Bertz CT molecular complexity index is 279. The molecule has 4 heteroatoms. The van der Waals surface area contributed by atoms with E-state index in [9.17, 15) is 9.90 Å². The number of carbonyl (C=O) groups is 1. The Hall–Kier alpha value is -0.610. The Morgan fingerprint density at radius 3 is 2.61 bits per heavy atom. The quantitative estimate of drug-likeness (QED) is 0.761. The minimum atomic E-state index is -0.706. The van der Waals surface area contributed by atoms with E-state index in [1.54, 1.807) is 0 Å². The van der Waals surface area contributed by atoms with E-state index in [0.717, 1.165) is 38.8 Å². The first-order valence-corrected chi connectivity index (χ1v) is 7.03. The third-order valence-corrected chi connectivity index (χ3v) is 4.16. The lowest BCUT2D eigenvalue weighted by Crippen LogP contribution is -2.61. The van der Waals surface area contributed by atoms with Crippen LogP contribution in [0.5, 0.6) is 0 Å². The molecule has 2 atom stereocenters. The lowest BCUT2D eigenvalue weighted by Gasteiger charge is -2.44. The van der Waals surface area contributed by atoms with E-state index in [1.807, 2.05) is 14.1 Å². The third-order valence-electron chi connectivity index (χ3n) is 4.16. The van der Waals surface area contributed by atoms with Crippen LogP contribution in [0.15, 0.2) is 0 Å². The second-order valence-electron chi connectivity index (χ2n) is 6.10. The molecule has 1 aliphatic carbocycles. The van der Waals surface area contributed by atoms with E-state index in [1.165, 1.54) is 0 Å². The monoisotopic (exact) mass is 256 g/mol. The summed E-state index contributed by atoms with van der Waals surface area (Å²) < 4.78 is 0. The first-order chi connectivity index (χ1) is 8.40. The summed E-state index contributed by atoms with van der Waals surface area (Å²) >= 11 is 0. The van der Waals surface area contributed by atoms with Crippen LogP contribution in [0.3, 0.4) is 0 Å². The van der Waals surface area contributed by atoms with Crippen LogP contribution in [-0.2, 0) is 4.79 Å². The molecule has 0 aromatic carbocycles. The fourth-order valence-electron chi connectivity index (χ4n) is 3.17. The molecular formula is C14H28N2O2. The molecule has 0 aromatic heterocycles. The summed E-state index contributed by atoms with van der Waals surface area (Å²) in [6, 6.07) is 0. The number of likely N-dealkylation sites (N-methyl/N-ethyl adjacent to an activating group) is 1. The predicted molar refractivity (Wildman–Crippen MR) is 73.7 cm³/mol. The number of hydrogen-bond acceptors (Lipinski definition) is 3. The zero-order valence-electron chi connectivity index (χ0n) is 12.2. The molecule has 106 valence electrons. The van der Waals surface area contributed by atoms with E-state index < -0.39 is 11.5 Å². The number of nitrogens with zero attached hydrogens (tertiary/aromatic N) is 1. The number of rotatable bonds is 6. The van der Waals surface area contributed by atoms with Crippen molar-refractivity contribution in [2.75, 3.05) is 27.2 Å². The number of aliphatic carboxylic acids is 1. The SMILES string of the molecule is CC(C)C1CCCCC1(NCCN(C)C)C(=O)O. The molecule has 0 aliphatic heterocycles. The van der Waals surface area contributed by atoms with Crippen molar-refractivity contribution in [2.24, 2.45) is 11.8 Å². The molecule has 0 spiro atoms. The first kappa shape index (κ1) is 15.4. The summed E-state index contributed by atoms with van der Waals surface area (Å²) in [5.41, 5.74) is -0.706. The maximum absolute atomic E-state index is 11.8. The minimum Gasteiger partial charge on any atom is -0.480 e. The molecule has 0 aromatic rings. The molecule has 1 fully saturated rings. The summed E-state index contributed by atoms with van der Waals surface area (Å²) in [6.45, 7) is 5.89. The highest BCUT2D eigenvalue weighted by molar-refractivity contribution is 5.79. The highest BCUT2D eigenvalue weighted by Gasteiger charge is 2.47. The topological polar surface area (TPSA) is 52.6 Å². The van der Waals surface area contributed by atoms with Gasteiger partial charge in [-0.05, 0) is 38.8 Å². The molecular weight excluding hydrogens is 228 g/mol. The highest BCUT2D eigenvalue weighted by Crippen LogP contribution is 2.38. The summed E-state index contributed by atoms with van der Waals surface area (Å²) in [5, 5.41) is 13.1. The first-order valence-electron chi connectivity index (χ1n) is 7.03. The van der Waals surface area contributed by atoms with Gasteiger partial charge in [-0.2, -0.15) is 0 Å². The Kier molecular flexibility index (Phi) is 5.60. The van der Waals surface area contributed by atoms with Gasteiger partial charge in [0.1, 0.15) is 5.54 Å². The average Bonchev–Trinajstić information content (AvgIpc) is 2.28. The van der Waals surface area contributed by atoms with Gasteiger partial charge in [0.25, 0.3) is 0 Å². The van der Waals surface area contributed by atoms with Crippen LogP contribution >= 0.6 is 0 Å². The van der Waals surface area contributed by atoms with Gasteiger partial charge in [-0.1, -0.05) is 26.7 Å². The van der Waals surface area contributed by atoms with Gasteiger partial charge in [0.05, 0.1) is 0 Å². The lowest BCUT2D eigenvalue weighted by molar-refractivity contribution is -0.150. The van der Waals surface area contributed by atoms with Crippen molar-refractivity contribution in [1.29, 1.82) is 0 Å². The number of carboxylic acid groups (broad SMARTS) is 1. The number of nitrogens with one attached hydrogen (secondary N) is 1. The molecule has 2 N–H and O–H groups in total. The zero-order chi connectivity index (χ0) is 13.8. The lowest BCUT2D eigenvalue weighted by atomic mass is 9.68. The average molecular weight is 256 g/mol. The van der Waals surface area contributed by atoms with Crippen LogP contribution in [0.1, 0.15) is 39.5 Å². The van der Waals surface area contributed by atoms with Gasteiger partial charge in [0.15, 0.2) is 0 Å². The van der Waals surface area contributed by atoms with E-state index in [4.69, 9.17) is 0 Å². The predicted octanol–water partition coefficient (Wildman–Crippen LogP) is 1.81. The van der Waals surface area contributed by atoms with Gasteiger partial charge >= 0.3 is 5.97 Å². The number of carboxylic acids is 1. The van der Waals surface area contributed by atoms with Gasteiger partial charge in [-0.25, -0.2) is 0 Å². The van der Waals surface area contributed by atoms with Gasteiger partial charge in [0.2, 0.25) is 0 Å². The van der Waals surface area contributed by atoms with Crippen molar-refractivity contribution < 1.29 is 9.90 Å². The standard InChI is InChI=1S/C14H28N2O2/c1-11(2)12-7-5-6-8-14(12,13(17)18)15-9-10-16(3)4/h11-12,15H,5-10H2,1-4H3,(H,17,18). The molecule has 1 saturated carbocycles. The van der Waals surface area contributed by atoms with Crippen molar-refractivity contribution in [2.45, 2.75) is 45.1 Å². The van der Waals surface area contributed by atoms with E-state index in [2.05, 4.69) is 24.1 Å². The van der Waals surface area contributed by atoms with Gasteiger partial charge in [-0.3, -0.25) is 4.79 Å². The van der Waals surface area contributed by atoms with Crippen LogP contribution in [0, 0.1) is 11.8 Å². The Morgan fingerprint density at radius 2 is 2.11 bits per heavy atom. The van der Waals surface area contributed by atoms with Crippen LogP contribution < -0.4 is 5.32 Å². The molecule has 0 saturated heterocycles. The van der Waals surface area contributed by atoms with Crippen molar-refractivity contribution in [3.63, 3.8) is 0 Å². The molecule has 18 heavy (non-hydrogen) atoms. The minimum absolute atomic E-state index is 0.242. The van der Waals surface area contributed by atoms with Crippen molar-refractivity contribution in [3.8, 4) is 0 Å². The molecule has 1 aliphatic rings. The Labute approximate surface area is 111 Å². The molecule has 0 radical (unpaired) electrons. The van der Waals surface area contributed by atoms with Crippen LogP contribution in [0.2, 0.25) is 0 Å². The molecule has 1 rings (SSSR count). The Morgan fingerprint density at radius 1 is 1.44 bits per heavy atom. The van der Waals surface area contributed by atoms with E-state index in [-0.39, 0.29) is 5.92 Å². The zero-order valence-corrected chi connectivity index (χ0v) is 12.2. The van der Waals surface area contributed by atoms with Crippen molar-refractivity contribution in [1.82, 2.24) is 10.2 Å². The number of hydrogen-bond donors (Lipinski definition) is 2. The summed E-state index contributed by atoms with van der Waals surface area (Å²) in [6.07, 6.45) is 3.97. The van der Waals surface area contributed by atoms with Crippen LogP contribution in [-0.4, -0.2) is 48.7 Å².